The molecule has 1 aromatic rings. The quantitative estimate of drug-likeness (QED) is 0.810. The van der Waals surface area contributed by atoms with Crippen LogP contribution >= 0.6 is 34.2 Å². The highest BCUT2D eigenvalue weighted by Crippen LogP contribution is 2.31. The van der Waals surface area contributed by atoms with E-state index in [0.717, 1.165) is 0 Å². The fraction of sp³-hybridized carbons (Fsp3) is 0.167. The lowest BCUT2D eigenvalue weighted by atomic mass is 10.3. The number of pyridine rings is 1. The van der Waals surface area contributed by atoms with E-state index in [4.69, 9.17) is 17.3 Å². The molecule has 0 fully saturated rings. The highest BCUT2D eigenvalue weighted by atomic mass is 127. The fourth-order valence-corrected chi connectivity index (χ4v) is 1.24. The molecule has 0 aliphatic carbocycles. The van der Waals surface area contributed by atoms with Gasteiger partial charge in [-0.25, -0.2) is 8.78 Å². The van der Waals surface area contributed by atoms with Gasteiger partial charge in [-0.1, -0.05) is 11.6 Å². The van der Waals surface area contributed by atoms with Gasteiger partial charge >= 0.3 is 0 Å². The average molecular weight is 304 g/mol. The Labute approximate surface area is 86.3 Å². The summed E-state index contributed by atoms with van der Waals surface area (Å²) >= 11 is 7.49. The van der Waals surface area contributed by atoms with Gasteiger partial charge in [-0.3, -0.25) is 4.98 Å². The molecule has 1 heterocycles. The van der Waals surface area contributed by atoms with Crippen LogP contribution in [0.5, 0.6) is 0 Å². The van der Waals surface area contributed by atoms with Crippen molar-refractivity contribution in [3.05, 3.63) is 20.5 Å². The third-order valence-electron chi connectivity index (χ3n) is 1.25. The van der Waals surface area contributed by atoms with Crippen LogP contribution in [0.2, 0.25) is 5.02 Å². The second-order valence-corrected chi connectivity index (χ2v) is 3.56. The normalized spacial score (nSPS) is 10.8. The molecule has 0 saturated carbocycles. The summed E-state index contributed by atoms with van der Waals surface area (Å²) < 4.78 is 24.8. The first-order valence-electron chi connectivity index (χ1n) is 2.91. The van der Waals surface area contributed by atoms with E-state index in [2.05, 4.69) is 4.98 Å². The van der Waals surface area contributed by atoms with Gasteiger partial charge in [-0.05, 0) is 22.6 Å². The Morgan fingerprint density at radius 1 is 1.58 bits per heavy atom. The smallest absolute Gasteiger partial charge is 0.282 e. The van der Waals surface area contributed by atoms with Gasteiger partial charge in [0.2, 0.25) is 0 Å². The van der Waals surface area contributed by atoms with Crippen molar-refractivity contribution in [2.24, 2.45) is 0 Å². The first-order chi connectivity index (χ1) is 5.54. The Bertz CT molecular complexity index is 306. The number of anilines is 1. The van der Waals surface area contributed by atoms with Gasteiger partial charge in [0, 0.05) is 6.20 Å². The lowest BCUT2D eigenvalue weighted by Gasteiger charge is -2.05. The molecule has 2 nitrogen and oxygen atoms in total. The molecule has 0 aliphatic heterocycles. The number of nitrogen functional groups attached to an aromatic ring is 1. The molecule has 0 amide bonds. The second-order valence-electron chi connectivity index (χ2n) is 2.02. The third kappa shape index (κ3) is 1.77. The van der Waals surface area contributed by atoms with Gasteiger partial charge in [0.1, 0.15) is 5.69 Å². The van der Waals surface area contributed by atoms with Gasteiger partial charge < -0.3 is 5.73 Å². The number of nitrogens with zero attached hydrogens (tertiary/aromatic N) is 1. The van der Waals surface area contributed by atoms with E-state index in [-0.39, 0.29) is 10.7 Å². The summed E-state index contributed by atoms with van der Waals surface area (Å²) in [5.74, 6) is 0. The molecular weight excluding hydrogens is 300 g/mol. The molecular formula is C6H4ClF2IN2. The molecule has 0 unspecified atom stereocenters. The molecule has 2 N–H and O–H groups in total. The first-order valence-corrected chi connectivity index (χ1v) is 4.37. The summed E-state index contributed by atoms with van der Waals surface area (Å²) in [6, 6.07) is 0. The monoisotopic (exact) mass is 304 g/mol. The Hall–Kier alpha value is -0.170. The molecule has 66 valence electrons. The molecule has 0 aliphatic rings. The second kappa shape index (κ2) is 3.69. The molecule has 0 aromatic carbocycles. The largest absolute Gasteiger partial charge is 0.396 e. The van der Waals surface area contributed by atoms with Crippen LogP contribution in [0.4, 0.5) is 14.5 Å². The summed E-state index contributed by atoms with van der Waals surface area (Å²) in [7, 11) is 0. The van der Waals surface area contributed by atoms with E-state index in [0.29, 0.717) is 3.57 Å². The maximum absolute atomic E-state index is 12.1. The van der Waals surface area contributed by atoms with Crippen LogP contribution in [-0.2, 0) is 0 Å². The summed E-state index contributed by atoms with van der Waals surface area (Å²) in [6.45, 7) is 0. The highest BCUT2D eigenvalue weighted by molar-refractivity contribution is 14.1. The van der Waals surface area contributed by atoms with Crippen LogP contribution < -0.4 is 5.73 Å². The number of alkyl halides is 2. The first kappa shape index (κ1) is 9.91. The number of hydrogen-bond donors (Lipinski definition) is 1. The zero-order valence-electron chi connectivity index (χ0n) is 5.69. The van der Waals surface area contributed by atoms with Gasteiger partial charge in [0.05, 0.1) is 14.3 Å². The Morgan fingerprint density at radius 2 is 2.17 bits per heavy atom. The number of hydrogen-bond acceptors (Lipinski definition) is 2. The molecule has 0 radical (unpaired) electrons. The average Bonchev–Trinajstić information content (AvgIpc) is 2.00. The standard InChI is InChI=1S/C6H4ClF2IN2/c7-3-2(10)1-12-5(4(3)11)6(8)9/h1,6H,11H2. The van der Waals surface area contributed by atoms with Crippen LogP contribution in [0.25, 0.3) is 0 Å². The SMILES string of the molecule is Nc1c(C(F)F)ncc(I)c1Cl. The van der Waals surface area contributed by atoms with Crippen molar-refractivity contribution in [1.29, 1.82) is 0 Å². The lowest BCUT2D eigenvalue weighted by Crippen LogP contribution is -2.00. The minimum absolute atomic E-state index is 0.140. The van der Waals surface area contributed by atoms with Gasteiger partial charge in [-0.15, -0.1) is 0 Å². The summed E-state index contributed by atoms with van der Waals surface area (Å²) in [5.41, 5.74) is 4.71. The molecule has 6 heteroatoms. The topological polar surface area (TPSA) is 38.9 Å². The Morgan fingerprint density at radius 3 is 2.67 bits per heavy atom. The molecule has 0 atom stereocenters. The van der Waals surface area contributed by atoms with Crippen LogP contribution in [0.3, 0.4) is 0 Å². The minimum Gasteiger partial charge on any atom is -0.396 e. The van der Waals surface area contributed by atoms with E-state index in [1.54, 1.807) is 0 Å². The Balaban J connectivity index is 3.27. The van der Waals surface area contributed by atoms with Crippen molar-refractivity contribution < 1.29 is 8.78 Å². The highest BCUT2D eigenvalue weighted by Gasteiger charge is 2.16. The van der Waals surface area contributed by atoms with Crippen molar-refractivity contribution in [2.45, 2.75) is 6.43 Å². The number of rotatable bonds is 1. The summed E-state index contributed by atoms with van der Waals surface area (Å²) in [4.78, 5) is 3.47. The zero-order chi connectivity index (χ0) is 9.30. The van der Waals surface area contributed by atoms with Crippen LogP contribution in [0, 0.1) is 3.57 Å². The van der Waals surface area contributed by atoms with Crippen molar-refractivity contribution in [3.8, 4) is 0 Å². The van der Waals surface area contributed by atoms with Gasteiger partial charge in [-0.2, -0.15) is 0 Å². The summed E-state index contributed by atoms with van der Waals surface area (Å²) in [5, 5.41) is 0.140. The van der Waals surface area contributed by atoms with Crippen molar-refractivity contribution in [1.82, 2.24) is 4.98 Å². The van der Waals surface area contributed by atoms with E-state index < -0.39 is 12.1 Å². The fourth-order valence-electron chi connectivity index (χ4n) is 0.667. The van der Waals surface area contributed by atoms with Crippen LogP contribution in [-0.4, -0.2) is 4.98 Å². The minimum atomic E-state index is -2.68. The maximum Gasteiger partial charge on any atom is 0.282 e. The zero-order valence-corrected chi connectivity index (χ0v) is 8.60. The van der Waals surface area contributed by atoms with Crippen molar-refractivity contribution in [2.75, 3.05) is 5.73 Å². The lowest BCUT2D eigenvalue weighted by molar-refractivity contribution is 0.147. The molecule has 0 spiro atoms. The van der Waals surface area contributed by atoms with Crippen LogP contribution in [0.15, 0.2) is 6.20 Å². The molecule has 12 heavy (non-hydrogen) atoms. The number of halogens is 4. The summed E-state index contributed by atoms with van der Waals surface area (Å²) in [6.07, 6.45) is -1.42. The van der Waals surface area contributed by atoms with Crippen LogP contribution in [0.1, 0.15) is 12.1 Å². The molecule has 0 bridgehead atoms. The van der Waals surface area contributed by atoms with Crippen molar-refractivity contribution in [3.63, 3.8) is 0 Å². The third-order valence-corrected chi connectivity index (χ3v) is 2.79. The van der Waals surface area contributed by atoms with Gasteiger partial charge in [0.15, 0.2) is 0 Å². The Kier molecular flexibility index (Phi) is 3.05. The predicted molar refractivity (Wildman–Crippen MR) is 51.3 cm³/mol. The number of aromatic nitrogens is 1. The van der Waals surface area contributed by atoms with E-state index in [1.807, 2.05) is 22.6 Å². The van der Waals surface area contributed by atoms with E-state index in [1.165, 1.54) is 6.20 Å². The van der Waals surface area contributed by atoms with Gasteiger partial charge in [0.25, 0.3) is 6.43 Å². The molecule has 1 aromatic heterocycles. The number of nitrogens with two attached hydrogens (primary N) is 1. The molecule has 1 rings (SSSR count). The van der Waals surface area contributed by atoms with E-state index >= 15 is 0 Å². The molecule has 0 saturated heterocycles. The predicted octanol–water partition coefficient (Wildman–Crippen LogP) is 2.86. The maximum atomic E-state index is 12.1. The van der Waals surface area contributed by atoms with Crippen molar-refractivity contribution >= 4 is 39.9 Å². The van der Waals surface area contributed by atoms with E-state index in [9.17, 15) is 8.78 Å².